The quantitative estimate of drug-likeness (QED) is 0.555. The van der Waals surface area contributed by atoms with E-state index < -0.39 is 23.3 Å². The van der Waals surface area contributed by atoms with Crippen LogP contribution in [0.3, 0.4) is 0 Å². The minimum atomic E-state index is -4.35. The Balaban J connectivity index is 2.04. The van der Waals surface area contributed by atoms with Crippen molar-refractivity contribution in [2.45, 2.75) is 44.9 Å². The Hall–Kier alpha value is -2.33. The summed E-state index contributed by atoms with van der Waals surface area (Å²) in [5, 5.41) is 12.9. The van der Waals surface area contributed by atoms with Gasteiger partial charge in [0.05, 0.1) is 11.7 Å². The van der Waals surface area contributed by atoms with Gasteiger partial charge in [-0.3, -0.25) is 0 Å². The molecule has 0 saturated heterocycles. The fraction of sp³-hybridized carbons (Fsp3) is 0.304. The Bertz CT molecular complexity index is 1030. The lowest BCUT2D eigenvalue weighted by Gasteiger charge is -2.28. The Labute approximate surface area is 156 Å². The zero-order chi connectivity index (χ0) is 19.6. The summed E-state index contributed by atoms with van der Waals surface area (Å²) in [6, 6.07) is 13.4. The van der Waals surface area contributed by atoms with Gasteiger partial charge in [-0.1, -0.05) is 50.2 Å². The van der Waals surface area contributed by atoms with Crippen LogP contribution in [0, 0.1) is 6.92 Å². The highest BCUT2D eigenvalue weighted by Crippen LogP contribution is 2.49. The molecule has 4 rings (SSSR count). The number of rotatable bonds is 1. The number of aliphatic hydroxyl groups is 1. The van der Waals surface area contributed by atoms with Crippen LogP contribution in [-0.4, -0.2) is 11.2 Å². The second-order valence-corrected chi connectivity index (χ2v) is 7.92. The monoisotopic (exact) mass is 370 g/mol. The van der Waals surface area contributed by atoms with Gasteiger partial charge in [0.2, 0.25) is 0 Å². The average molecular weight is 370 g/mol. The minimum absolute atomic E-state index is 0.470. The number of alkyl halides is 3. The van der Waals surface area contributed by atoms with E-state index in [9.17, 15) is 18.3 Å². The van der Waals surface area contributed by atoms with E-state index in [1.165, 1.54) is 0 Å². The van der Waals surface area contributed by atoms with Crippen LogP contribution in [0.25, 0.3) is 21.9 Å². The molecule has 4 heteroatoms. The second kappa shape index (κ2) is 5.83. The lowest BCUT2D eigenvalue weighted by molar-refractivity contribution is -0.137. The fourth-order valence-electron chi connectivity index (χ4n) is 4.41. The van der Waals surface area contributed by atoms with Gasteiger partial charge in [0.1, 0.15) is 0 Å². The molecular formula is C23H21F3O. The summed E-state index contributed by atoms with van der Waals surface area (Å²) in [4.78, 5) is 0. The largest absolute Gasteiger partial charge is 0.416 e. The van der Waals surface area contributed by atoms with Crippen LogP contribution >= 0.6 is 0 Å². The van der Waals surface area contributed by atoms with E-state index in [1.807, 2.05) is 39.0 Å². The molecule has 1 N–H and O–H groups in total. The maximum absolute atomic E-state index is 13.0. The maximum Gasteiger partial charge on any atom is 0.416 e. The Kier molecular flexibility index (Phi) is 3.90. The predicted molar refractivity (Wildman–Crippen MR) is 102 cm³/mol. The number of halogens is 3. The van der Waals surface area contributed by atoms with Gasteiger partial charge >= 0.3 is 6.18 Å². The molecule has 0 spiro atoms. The molecule has 0 unspecified atom stereocenters. The molecular weight excluding hydrogens is 349 g/mol. The van der Waals surface area contributed by atoms with Gasteiger partial charge < -0.3 is 5.11 Å². The maximum atomic E-state index is 13.0. The highest BCUT2D eigenvalue weighted by atomic mass is 19.4. The first-order valence-corrected chi connectivity index (χ1v) is 9.02. The molecule has 0 bridgehead atoms. The smallest absolute Gasteiger partial charge is 0.392 e. The molecule has 27 heavy (non-hydrogen) atoms. The lowest BCUT2D eigenvalue weighted by Crippen LogP contribution is -2.29. The number of hydrogen-bond donors (Lipinski definition) is 1. The Morgan fingerprint density at radius 3 is 2.15 bits per heavy atom. The molecule has 1 aliphatic carbocycles. The second-order valence-electron chi connectivity index (χ2n) is 7.92. The van der Waals surface area contributed by atoms with E-state index >= 15 is 0 Å². The first kappa shape index (κ1) is 18.1. The normalized spacial score (nSPS) is 18.7. The summed E-state index contributed by atoms with van der Waals surface area (Å²) in [5.41, 5.74) is 3.76. The van der Waals surface area contributed by atoms with E-state index in [0.717, 1.165) is 50.7 Å². The van der Waals surface area contributed by atoms with Gasteiger partial charge in [-0.25, -0.2) is 0 Å². The number of aryl methyl sites for hydroxylation is 1. The molecule has 1 nitrogen and oxygen atoms in total. The number of fused-ring (bicyclic) bond motifs is 3. The molecule has 0 heterocycles. The van der Waals surface area contributed by atoms with E-state index in [2.05, 4.69) is 6.07 Å². The highest BCUT2D eigenvalue weighted by Gasteiger charge is 2.42. The van der Waals surface area contributed by atoms with Crippen molar-refractivity contribution >= 4 is 10.8 Å². The summed E-state index contributed by atoms with van der Waals surface area (Å²) < 4.78 is 38.9. The lowest BCUT2D eigenvalue weighted by atomic mass is 9.77. The molecule has 0 fully saturated rings. The topological polar surface area (TPSA) is 20.2 Å². The number of benzene rings is 3. The number of aliphatic hydroxyl groups excluding tert-OH is 1. The minimum Gasteiger partial charge on any atom is -0.392 e. The highest BCUT2D eigenvalue weighted by molar-refractivity contribution is 5.97. The van der Waals surface area contributed by atoms with Crippen molar-refractivity contribution in [1.82, 2.24) is 0 Å². The Morgan fingerprint density at radius 2 is 1.56 bits per heavy atom. The van der Waals surface area contributed by atoms with Crippen molar-refractivity contribution in [3.05, 3.63) is 70.8 Å². The van der Waals surface area contributed by atoms with E-state index in [0.29, 0.717) is 6.42 Å². The summed E-state index contributed by atoms with van der Waals surface area (Å²) in [6.07, 6.45) is -4.32. The zero-order valence-corrected chi connectivity index (χ0v) is 15.5. The van der Waals surface area contributed by atoms with Crippen LogP contribution in [0.5, 0.6) is 0 Å². The molecule has 0 saturated carbocycles. The van der Waals surface area contributed by atoms with Crippen LogP contribution in [0.4, 0.5) is 13.2 Å². The van der Waals surface area contributed by atoms with Crippen molar-refractivity contribution in [2.75, 3.05) is 0 Å². The summed E-state index contributed by atoms with van der Waals surface area (Å²) >= 11 is 0. The molecule has 1 aliphatic rings. The zero-order valence-electron chi connectivity index (χ0n) is 15.5. The van der Waals surface area contributed by atoms with Crippen LogP contribution in [0.15, 0.2) is 48.5 Å². The van der Waals surface area contributed by atoms with Crippen LogP contribution < -0.4 is 0 Å². The average Bonchev–Trinajstić information content (AvgIpc) is 2.85. The van der Waals surface area contributed by atoms with E-state index in [1.54, 1.807) is 12.1 Å². The fourth-order valence-corrected chi connectivity index (χ4v) is 4.41. The number of hydrogen-bond acceptors (Lipinski definition) is 1. The molecule has 140 valence electrons. The van der Waals surface area contributed by atoms with Gasteiger partial charge in [0, 0.05) is 11.8 Å². The molecule has 0 aromatic heterocycles. The van der Waals surface area contributed by atoms with Crippen LogP contribution in [0.2, 0.25) is 0 Å². The van der Waals surface area contributed by atoms with Crippen LogP contribution in [-0.2, 0) is 18.0 Å². The third-order valence-electron chi connectivity index (χ3n) is 5.96. The standard InChI is InChI=1S/C23H21F3O/c1-13-16-6-4-5-7-17(16)18-12-19(27)22(2,3)21(18)20(13)14-8-10-15(11-9-14)23(24,25)26/h4-11,19,27H,12H2,1-3H3/t19-/m0/s1. The molecule has 0 radical (unpaired) electrons. The summed E-state index contributed by atoms with van der Waals surface area (Å²) in [6.45, 7) is 6.02. The van der Waals surface area contributed by atoms with E-state index in [4.69, 9.17) is 0 Å². The van der Waals surface area contributed by atoms with Gasteiger partial charge in [-0.2, -0.15) is 13.2 Å². The molecule has 0 amide bonds. The predicted octanol–water partition coefficient (Wildman–Crippen LogP) is 6.03. The first-order valence-electron chi connectivity index (χ1n) is 9.02. The summed E-state index contributed by atoms with van der Waals surface area (Å²) in [7, 11) is 0. The molecule has 3 aromatic carbocycles. The van der Waals surface area contributed by atoms with Gasteiger partial charge in [0.15, 0.2) is 0 Å². The van der Waals surface area contributed by atoms with Gasteiger partial charge in [-0.15, -0.1) is 0 Å². The molecule has 3 aromatic rings. The van der Waals surface area contributed by atoms with Crippen molar-refractivity contribution in [3.8, 4) is 11.1 Å². The van der Waals surface area contributed by atoms with Gasteiger partial charge in [0.25, 0.3) is 0 Å². The van der Waals surface area contributed by atoms with Crippen molar-refractivity contribution in [2.24, 2.45) is 0 Å². The molecule has 0 aliphatic heterocycles. The van der Waals surface area contributed by atoms with Crippen molar-refractivity contribution in [1.29, 1.82) is 0 Å². The van der Waals surface area contributed by atoms with E-state index in [-0.39, 0.29) is 0 Å². The van der Waals surface area contributed by atoms with Crippen LogP contribution in [0.1, 0.15) is 36.1 Å². The third kappa shape index (κ3) is 2.66. The van der Waals surface area contributed by atoms with Crippen molar-refractivity contribution in [3.63, 3.8) is 0 Å². The third-order valence-corrected chi connectivity index (χ3v) is 5.96. The Morgan fingerprint density at radius 1 is 0.963 bits per heavy atom. The molecule has 1 atom stereocenters. The summed E-state index contributed by atoms with van der Waals surface area (Å²) in [5.74, 6) is 0. The van der Waals surface area contributed by atoms with Gasteiger partial charge in [-0.05, 0) is 57.6 Å². The van der Waals surface area contributed by atoms with Crippen molar-refractivity contribution < 1.29 is 18.3 Å². The first-order chi connectivity index (χ1) is 12.6. The SMILES string of the molecule is Cc1c(-c2ccc(C(F)(F)F)cc2)c2c(c3ccccc13)C[C@H](O)C2(C)C.